The van der Waals surface area contributed by atoms with Gasteiger partial charge in [-0.25, -0.2) is 0 Å². The molecule has 1 aromatic carbocycles. The molecule has 3 heteroatoms. The molecule has 0 bridgehead atoms. The zero-order valence-corrected chi connectivity index (χ0v) is 13.3. The van der Waals surface area contributed by atoms with Gasteiger partial charge in [-0.3, -0.25) is 4.90 Å². The minimum Gasteiger partial charge on any atom is -0.380 e. The average Bonchev–Trinajstić information content (AvgIpc) is 3.33. The Balaban J connectivity index is 1.81. The third kappa shape index (κ3) is 3.47. The molecule has 1 saturated heterocycles. The Morgan fingerprint density at radius 1 is 1.19 bits per heavy atom. The van der Waals surface area contributed by atoms with E-state index < -0.39 is 0 Å². The number of ether oxygens (including phenoxy) is 1. The quantitative estimate of drug-likeness (QED) is 0.871. The SMILES string of the molecule is CNCC1CCCN(C2CC2)C1c1ccc(COC)cc1. The molecule has 1 saturated carbocycles. The fourth-order valence-electron chi connectivity index (χ4n) is 3.84. The van der Waals surface area contributed by atoms with Crippen LogP contribution in [0.5, 0.6) is 0 Å². The van der Waals surface area contributed by atoms with Crippen molar-refractivity contribution in [1.29, 1.82) is 0 Å². The van der Waals surface area contributed by atoms with E-state index in [1.165, 1.54) is 43.4 Å². The van der Waals surface area contributed by atoms with Crippen LogP contribution >= 0.6 is 0 Å². The molecule has 2 fully saturated rings. The van der Waals surface area contributed by atoms with Crippen molar-refractivity contribution in [3.05, 3.63) is 35.4 Å². The lowest BCUT2D eigenvalue weighted by Crippen LogP contribution is -2.43. The average molecular weight is 288 g/mol. The lowest BCUT2D eigenvalue weighted by molar-refractivity contribution is 0.0845. The van der Waals surface area contributed by atoms with Crippen LogP contribution in [0.3, 0.4) is 0 Å². The molecule has 116 valence electrons. The first-order chi connectivity index (χ1) is 10.3. The molecular formula is C18H28N2O. The monoisotopic (exact) mass is 288 g/mol. The summed E-state index contributed by atoms with van der Waals surface area (Å²) in [6.07, 6.45) is 5.48. The molecule has 3 rings (SSSR count). The van der Waals surface area contributed by atoms with Gasteiger partial charge in [-0.15, -0.1) is 0 Å². The highest BCUT2D eigenvalue weighted by Gasteiger charge is 2.40. The summed E-state index contributed by atoms with van der Waals surface area (Å²) in [5.74, 6) is 0.734. The molecule has 2 atom stereocenters. The Bertz CT molecular complexity index is 439. The molecule has 0 aromatic heterocycles. The van der Waals surface area contributed by atoms with Gasteiger partial charge in [0.2, 0.25) is 0 Å². The first-order valence-electron chi connectivity index (χ1n) is 8.31. The predicted molar refractivity (Wildman–Crippen MR) is 86.3 cm³/mol. The Kier molecular flexibility index (Phi) is 4.94. The van der Waals surface area contributed by atoms with Crippen LogP contribution in [-0.2, 0) is 11.3 Å². The lowest BCUT2D eigenvalue weighted by atomic mass is 9.84. The second-order valence-corrected chi connectivity index (χ2v) is 6.55. The third-order valence-electron chi connectivity index (χ3n) is 4.91. The maximum atomic E-state index is 5.22. The summed E-state index contributed by atoms with van der Waals surface area (Å²) in [5.41, 5.74) is 2.75. The molecule has 1 heterocycles. The summed E-state index contributed by atoms with van der Waals surface area (Å²) in [4.78, 5) is 2.77. The van der Waals surface area contributed by atoms with Crippen molar-refractivity contribution in [1.82, 2.24) is 10.2 Å². The highest BCUT2D eigenvalue weighted by atomic mass is 16.5. The first-order valence-corrected chi connectivity index (χ1v) is 8.31. The highest BCUT2D eigenvalue weighted by Crippen LogP contribution is 2.42. The van der Waals surface area contributed by atoms with Crippen LogP contribution in [0.25, 0.3) is 0 Å². The van der Waals surface area contributed by atoms with Crippen LogP contribution < -0.4 is 5.32 Å². The second kappa shape index (κ2) is 6.91. The topological polar surface area (TPSA) is 24.5 Å². The van der Waals surface area contributed by atoms with E-state index >= 15 is 0 Å². The largest absolute Gasteiger partial charge is 0.380 e. The van der Waals surface area contributed by atoms with Gasteiger partial charge < -0.3 is 10.1 Å². The smallest absolute Gasteiger partial charge is 0.0713 e. The van der Waals surface area contributed by atoms with Gasteiger partial charge in [-0.05, 0) is 62.9 Å². The number of hydrogen-bond acceptors (Lipinski definition) is 3. The highest BCUT2D eigenvalue weighted by molar-refractivity contribution is 5.26. The van der Waals surface area contributed by atoms with Gasteiger partial charge in [0.15, 0.2) is 0 Å². The van der Waals surface area contributed by atoms with Crippen molar-refractivity contribution in [3.8, 4) is 0 Å². The molecule has 2 unspecified atom stereocenters. The maximum absolute atomic E-state index is 5.22. The summed E-state index contributed by atoms with van der Waals surface area (Å²) >= 11 is 0. The van der Waals surface area contributed by atoms with Crippen molar-refractivity contribution in [2.75, 3.05) is 27.2 Å². The van der Waals surface area contributed by atoms with E-state index in [1.807, 2.05) is 0 Å². The Morgan fingerprint density at radius 3 is 2.57 bits per heavy atom. The number of piperidine rings is 1. The zero-order chi connectivity index (χ0) is 14.7. The van der Waals surface area contributed by atoms with Gasteiger partial charge in [0.05, 0.1) is 6.61 Å². The predicted octanol–water partition coefficient (Wildman–Crippen LogP) is 2.97. The third-order valence-corrected chi connectivity index (χ3v) is 4.91. The number of likely N-dealkylation sites (tertiary alicyclic amines) is 1. The fraction of sp³-hybridized carbons (Fsp3) is 0.667. The molecule has 21 heavy (non-hydrogen) atoms. The van der Waals surface area contributed by atoms with Gasteiger partial charge in [-0.1, -0.05) is 24.3 Å². The molecule has 2 aliphatic rings. The molecule has 1 aliphatic carbocycles. The van der Waals surface area contributed by atoms with Crippen LogP contribution in [0.2, 0.25) is 0 Å². The number of nitrogens with one attached hydrogen (secondary N) is 1. The first kappa shape index (κ1) is 15.0. The summed E-state index contributed by atoms with van der Waals surface area (Å²) in [6.45, 7) is 3.10. The van der Waals surface area contributed by atoms with Crippen molar-refractivity contribution >= 4 is 0 Å². The summed E-state index contributed by atoms with van der Waals surface area (Å²) < 4.78 is 5.22. The van der Waals surface area contributed by atoms with Gasteiger partial charge >= 0.3 is 0 Å². The van der Waals surface area contributed by atoms with Crippen molar-refractivity contribution in [2.24, 2.45) is 5.92 Å². The molecule has 1 aromatic rings. The summed E-state index contributed by atoms with van der Waals surface area (Å²) in [6, 6.07) is 10.5. The van der Waals surface area contributed by atoms with E-state index in [0.29, 0.717) is 12.6 Å². The van der Waals surface area contributed by atoms with E-state index in [2.05, 4.69) is 41.5 Å². The minimum absolute atomic E-state index is 0.593. The minimum atomic E-state index is 0.593. The second-order valence-electron chi connectivity index (χ2n) is 6.55. The van der Waals surface area contributed by atoms with Crippen molar-refractivity contribution < 1.29 is 4.74 Å². The molecular weight excluding hydrogens is 260 g/mol. The number of rotatable bonds is 6. The van der Waals surface area contributed by atoms with Crippen LogP contribution in [0.4, 0.5) is 0 Å². The molecule has 1 aliphatic heterocycles. The lowest BCUT2D eigenvalue weighted by Gasteiger charge is -2.42. The summed E-state index contributed by atoms with van der Waals surface area (Å²) in [7, 11) is 3.83. The molecule has 0 spiro atoms. The van der Waals surface area contributed by atoms with E-state index in [-0.39, 0.29) is 0 Å². The maximum Gasteiger partial charge on any atom is 0.0713 e. The van der Waals surface area contributed by atoms with E-state index in [9.17, 15) is 0 Å². The van der Waals surface area contributed by atoms with Gasteiger partial charge in [0.25, 0.3) is 0 Å². The Hall–Kier alpha value is -0.900. The van der Waals surface area contributed by atoms with E-state index in [1.54, 1.807) is 7.11 Å². The van der Waals surface area contributed by atoms with Gasteiger partial charge in [0, 0.05) is 19.2 Å². The van der Waals surface area contributed by atoms with Gasteiger partial charge in [0.1, 0.15) is 0 Å². The number of hydrogen-bond donors (Lipinski definition) is 1. The fourth-order valence-corrected chi connectivity index (χ4v) is 3.84. The molecule has 0 amide bonds. The van der Waals surface area contributed by atoms with Gasteiger partial charge in [-0.2, -0.15) is 0 Å². The van der Waals surface area contributed by atoms with Crippen LogP contribution in [0.15, 0.2) is 24.3 Å². The standard InChI is InChI=1S/C18H28N2O/c1-19-12-16-4-3-11-20(17-9-10-17)18(16)15-7-5-14(6-8-15)13-21-2/h5-8,16-19H,3-4,9-13H2,1-2H3. The number of benzene rings is 1. The Morgan fingerprint density at radius 2 is 1.95 bits per heavy atom. The Labute approximate surface area is 128 Å². The van der Waals surface area contributed by atoms with Crippen LogP contribution in [0, 0.1) is 5.92 Å². The number of methoxy groups -OCH3 is 1. The summed E-state index contributed by atoms with van der Waals surface area (Å²) in [5, 5.41) is 3.40. The van der Waals surface area contributed by atoms with E-state index in [0.717, 1.165) is 18.5 Å². The van der Waals surface area contributed by atoms with Crippen molar-refractivity contribution in [3.63, 3.8) is 0 Å². The number of nitrogens with zero attached hydrogens (tertiary/aromatic N) is 1. The molecule has 0 radical (unpaired) electrons. The normalized spacial score (nSPS) is 27.0. The van der Waals surface area contributed by atoms with Crippen LogP contribution in [-0.4, -0.2) is 38.2 Å². The van der Waals surface area contributed by atoms with E-state index in [4.69, 9.17) is 4.74 Å². The van der Waals surface area contributed by atoms with Crippen LogP contribution in [0.1, 0.15) is 42.9 Å². The van der Waals surface area contributed by atoms with Crippen molar-refractivity contribution in [2.45, 2.75) is 44.4 Å². The molecule has 1 N–H and O–H groups in total. The zero-order valence-electron chi connectivity index (χ0n) is 13.3. The molecule has 3 nitrogen and oxygen atoms in total.